The third-order valence-corrected chi connectivity index (χ3v) is 4.12. The summed E-state index contributed by atoms with van der Waals surface area (Å²) in [6, 6.07) is 17.6. The predicted molar refractivity (Wildman–Crippen MR) is 96.0 cm³/mol. The summed E-state index contributed by atoms with van der Waals surface area (Å²) in [7, 11) is 0. The van der Waals surface area contributed by atoms with E-state index in [1.165, 1.54) is 18.3 Å². The second-order valence-electron chi connectivity index (χ2n) is 5.77. The second-order valence-corrected chi connectivity index (χ2v) is 5.77. The van der Waals surface area contributed by atoms with E-state index in [1.54, 1.807) is 48.5 Å². The Kier molecular flexibility index (Phi) is 4.38. The molecule has 0 aliphatic rings. The smallest absolute Gasteiger partial charge is 0.243 e. The summed E-state index contributed by atoms with van der Waals surface area (Å²) in [5, 5.41) is 7.40. The fourth-order valence-corrected chi connectivity index (χ4v) is 2.92. The fraction of sp³-hybridized carbons (Fsp3) is 0. The Morgan fingerprint density at radius 2 is 1.44 bits per heavy atom. The predicted octanol–water partition coefficient (Wildman–Crippen LogP) is 5.29. The molecule has 0 saturated heterocycles. The average Bonchev–Trinajstić information content (AvgIpc) is 2.71. The number of halogens is 3. The van der Waals surface area contributed by atoms with Gasteiger partial charge in [-0.3, -0.25) is 4.98 Å². The molecule has 0 fully saturated rings. The van der Waals surface area contributed by atoms with Crippen LogP contribution in [0.1, 0.15) is 0 Å². The summed E-state index contributed by atoms with van der Waals surface area (Å²) < 4.78 is 43.0. The van der Waals surface area contributed by atoms with Crippen molar-refractivity contribution >= 4 is 0 Å². The Labute approximate surface area is 153 Å². The third kappa shape index (κ3) is 3.06. The fourth-order valence-electron chi connectivity index (χ4n) is 2.92. The maximum Gasteiger partial charge on any atom is 0.243 e. The molecule has 6 heteroatoms. The van der Waals surface area contributed by atoms with Crippen LogP contribution in [0.25, 0.3) is 33.6 Å². The Morgan fingerprint density at radius 1 is 0.667 bits per heavy atom. The number of hydrogen-bond acceptors (Lipinski definition) is 3. The summed E-state index contributed by atoms with van der Waals surface area (Å²) in [5.41, 5.74) is 1.23. The zero-order valence-electron chi connectivity index (χ0n) is 13.9. The molecule has 0 aliphatic heterocycles. The maximum absolute atomic E-state index is 14.7. The third-order valence-electron chi connectivity index (χ3n) is 4.12. The standard InChI is InChI=1S/C21H12F3N3/c22-15-10-6-9-14(19(15)23)20-17(13-7-2-1-3-8-13)18(21(24)27-26-20)16-11-4-5-12-25-16/h1-12H. The van der Waals surface area contributed by atoms with E-state index >= 15 is 0 Å². The molecule has 27 heavy (non-hydrogen) atoms. The van der Waals surface area contributed by atoms with Crippen molar-refractivity contribution in [3.05, 3.63) is 90.5 Å². The number of nitrogens with zero attached hydrogens (tertiary/aromatic N) is 3. The minimum Gasteiger partial charge on any atom is -0.256 e. The number of pyridine rings is 1. The highest BCUT2D eigenvalue weighted by Crippen LogP contribution is 2.39. The van der Waals surface area contributed by atoms with Crippen molar-refractivity contribution in [2.45, 2.75) is 0 Å². The molecule has 2 aromatic carbocycles. The number of rotatable bonds is 3. The van der Waals surface area contributed by atoms with Gasteiger partial charge >= 0.3 is 0 Å². The normalized spacial score (nSPS) is 10.8. The van der Waals surface area contributed by atoms with Crippen LogP contribution in [0.5, 0.6) is 0 Å². The van der Waals surface area contributed by atoms with Gasteiger partial charge in [-0.2, -0.15) is 4.39 Å². The van der Waals surface area contributed by atoms with Gasteiger partial charge in [0, 0.05) is 17.3 Å². The van der Waals surface area contributed by atoms with Crippen LogP contribution in [0.4, 0.5) is 13.2 Å². The van der Waals surface area contributed by atoms with Crippen molar-refractivity contribution in [1.82, 2.24) is 15.2 Å². The van der Waals surface area contributed by atoms with Crippen LogP contribution >= 0.6 is 0 Å². The van der Waals surface area contributed by atoms with Crippen LogP contribution in [0.3, 0.4) is 0 Å². The summed E-state index contributed by atoms with van der Waals surface area (Å²) in [4.78, 5) is 4.20. The maximum atomic E-state index is 14.7. The molecule has 132 valence electrons. The van der Waals surface area contributed by atoms with E-state index in [1.807, 2.05) is 0 Å². The van der Waals surface area contributed by atoms with E-state index in [4.69, 9.17) is 0 Å². The molecule has 0 saturated carbocycles. The zero-order valence-corrected chi connectivity index (χ0v) is 13.9. The van der Waals surface area contributed by atoms with Gasteiger partial charge in [0.1, 0.15) is 5.69 Å². The lowest BCUT2D eigenvalue weighted by Crippen LogP contribution is -2.03. The molecule has 0 bridgehead atoms. The van der Waals surface area contributed by atoms with Crippen molar-refractivity contribution < 1.29 is 13.2 Å². The Bertz CT molecular complexity index is 1100. The van der Waals surface area contributed by atoms with Crippen LogP contribution < -0.4 is 0 Å². The van der Waals surface area contributed by atoms with E-state index in [2.05, 4.69) is 15.2 Å². The lowest BCUT2D eigenvalue weighted by molar-refractivity contribution is 0.510. The summed E-state index contributed by atoms with van der Waals surface area (Å²) in [6.45, 7) is 0. The molecule has 0 spiro atoms. The first kappa shape index (κ1) is 16.9. The lowest BCUT2D eigenvalue weighted by Gasteiger charge is -2.15. The largest absolute Gasteiger partial charge is 0.256 e. The highest BCUT2D eigenvalue weighted by molar-refractivity contribution is 5.91. The number of hydrogen-bond donors (Lipinski definition) is 0. The summed E-state index contributed by atoms with van der Waals surface area (Å²) >= 11 is 0. The average molecular weight is 363 g/mol. The first-order valence-corrected chi connectivity index (χ1v) is 8.14. The molecule has 0 amide bonds. The molecular formula is C21H12F3N3. The number of aromatic nitrogens is 3. The molecule has 0 radical (unpaired) electrons. The molecule has 0 aliphatic carbocycles. The van der Waals surface area contributed by atoms with E-state index in [0.717, 1.165) is 6.07 Å². The minimum absolute atomic E-state index is 0.0419. The van der Waals surface area contributed by atoms with Crippen LogP contribution in [0.15, 0.2) is 72.9 Å². The van der Waals surface area contributed by atoms with E-state index < -0.39 is 17.6 Å². The molecule has 2 aromatic heterocycles. The summed E-state index contributed by atoms with van der Waals surface area (Å²) in [5.74, 6) is -2.92. The Balaban J connectivity index is 2.11. The van der Waals surface area contributed by atoms with Gasteiger partial charge in [-0.05, 0) is 29.8 Å². The molecule has 0 atom stereocenters. The summed E-state index contributed by atoms with van der Waals surface area (Å²) in [6.07, 6.45) is 1.52. The monoisotopic (exact) mass is 363 g/mol. The van der Waals surface area contributed by atoms with Crippen LogP contribution in [0.2, 0.25) is 0 Å². The lowest BCUT2D eigenvalue weighted by atomic mass is 9.93. The van der Waals surface area contributed by atoms with E-state index in [-0.39, 0.29) is 16.8 Å². The SMILES string of the molecule is Fc1cccc(-c2nnc(F)c(-c3ccccn3)c2-c2ccccc2)c1F. The highest BCUT2D eigenvalue weighted by Gasteiger charge is 2.24. The van der Waals surface area contributed by atoms with Gasteiger partial charge in [-0.1, -0.05) is 42.5 Å². The van der Waals surface area contributed by atoms with Crippen molar-refractivity contribution in [1.29, 1.82) is 0 Å². The molecule has 3 nitrogen and oxygen atoms in total. The van der Waals surface area contributed by atoms with Crippen molar-refractivity contribution in [2.75, 3.05) is 0 Å². The highest BCUT2D eigenvalue weighted by atomic mass is 19.2. The molecule has 4 aromatic rings. The van der Waals surface area contributed by atoms with Crippen molar-refractivity contribution in [2.24, 2.45) is 0 Å². The topological polar surface area (TPSA) is 38.7 Å². The minimum atomic E-state index is -1.07. The van der Waals surface area contributed by atoms with Gasteiger partial charge in [0.15, 0.2) is 11.6 Å². The second kappa shape index (κ2) is 6.99. The van der Waals surface area contributed by atoms with Crippen LogP contribution in [-0.4, -0.2) is 15.2 Å². The van der Waals surface area contributed by atoms with Gasteiger partial charge in [-0.25, -0.2) is 8.78 Å². The molecule has 0 N–H and O–H groups in total. The molecule has 2 heterocycles. The van der Waals surface area contributed by atoms with Gasteiger partial charge in [0.05, 0.1) is 11.3 Å². The van der Waals surface area contributed by atoms with Crippen molar-refractivity contribution in [3.63, 3.8) is 0 Å². The Morgan fingerprint density at radius 3 is 2.19 bits per heavy atom. The van der Waals surface area contributed by atoms with E-state index in [0.29, 0.717) is 16.8 Å². The molecule has 0 unspecified atom stereocenters. The van der Waals surface area contributed by atoms with E-state index in [9.17, 15) is 13.2 Å². The Hall–Kier alpha value is -3.54. The van der Waals surface area contributed by atoms with Gasteiger partial charge in [0.25, 0.3) is 0 Å². The quantitative estimate of drug-likeness (QED) is 0.496. The van der Waals surface area contributed by atoms with Gasteiger partial charge in [-0.15, -0.1) is 10.2 Å². The van der Waals surface area contributed by atoms with Gasteiger partial charge < -0.3 is 0 Å². The van der Waals surface area contributed by atoms with Crippen LogP contribution in [-0.2, 0) is 0 Å². The molecule has 4 rings (SSSR count). The zero-order chi connectivity index (χ0) is 18.8. The molecular weight excluding hydrogens is 351 g/mol. The van der Waals surface area contributed by atoms with Crippen molar-refractivity contribution in [3.8, 4) is 33.6 Å². The number of benzene rings is 2. The van der Waals surface area contributed by atoms with Crippen LogP contribution in [0, 0.1) is 17.6 Å². The van der Waals surface area contributed by atoms with Gasteiger partial charge in [0.2, 0.25) is 5.95 Å². The first-order valence-electron chi connectivity index (χ1n) is 8.14. The first-order chi connectivity index (χ1) is 13.2.